The first kappa shape index (κ1) is 10.8. The van der Waals surface area contributed by atoms with Gasteiger partial charge in [0.05, 0.1) is 0 Å². The van der Waals surface area contributed by atoms with Gasteiger partial charge >= 0.3 is 0 Å². The van der Waals surface area contributed by atoms with Crippen molar-refractivity contribution in [1.82, 2.24) is 9.97 Å². The molecule has 1 aliphatic rings. The average molecular weight is 238 g/mol. The molecule has 1 aromatic carbocycles. The van der Waals surface area contributed by atoms with Crippen molar-refractivity contribution in [3.63, 3.8) is 0 Å². The zero-order valence-electron chi connectivity index (χ0n) is 10.2. The van der Waals surface area contributed by atoms with E-state index in [1.165, 1.54) is 0 Å². The van der Waals surface area contributed by atoms with Gasteiger partial charge in [-0.3, -0.25) is 0 Å². The van der Waals surface area contributed by atoms with Gasteiger partial charge < -0.3 is 10.2 Å². The van der Waals surface area contributed by atoms with Crippen molar-refractivity contribution < 1.29 is 0 Å². The van der Waals surface area contributed by atoms with Crippen molar-refractivity contribution in [3.8, 4) is 0 Å². The zero-order valence-corrected chi connectivity index (χ0v) is 10.2. The number of nitrogens with one attached hydrogen (secondary N) is 1. The lowest BCUT2D eigenvalue weighted by Gasteiger charge is -2.22. The van der Waals surface area contributed by atoms with Crippen LogP contribution < -0.4 is 10.2 Å². The number of nitrogens with zero attached hydrogens (tertiary/aromatic N) is 3. The minimum Gasteiger partial charge on any atom is -0.355 e. The van der Waals surface area contributed by atoms with Crippen molar-refractivity contribution in [3.05, 3.63) is 48.2 Å². The van der Waals surface area contributed by atoms with Crippen LogP contribution in [0.4, 0.5) is 17.5 Å². The van der Waals surface area contributed by atoms with Crippen LogP contribution in [0.25, 0.3) is 6.08 Å². The number of hydrogen-bond donors (Lipinski definition) is 1. The molecule has 4 heteroatoms. The summed E-state index contributed by atoms with van der Waals surface area (Å²) >= 11 is 0. The fourth-order valence-electron chi connectivity index (χ4n) is 1.94. The largest absolute Gasteiger partial charge is 0.355 e. The summed E-state index contributed by atoms with van der Waals surface area (Å²) in [4.78, 5) is 11.0. The molecule has 0 fully saturated rings. The summed E-state index contributed by atoms with van der Waals surface area (Å²) in [6.45, 7) is 0.884. The molecule has 2 heterocycles. The van der Waals surface area contributed by atoms with Crippen LogP contribution in [0.3, 0.4) is 0 Å². The average Bonchev–Trinajstić information content (AvgIpc) is 2.41. The van der Waals surface area contributed by atoms with Crippen molar-refractivity contribution in [2.24, 2.45) is 0 Å². The van der Waals surface area contributed by atoms with Crippen LogP contribution in [0.15, 0.2) is 42.6 Å². The minimum atomic E-state index is 0.627. The van der Waals surface area contributed by atoms with Crippen molar-refractivity contribution >= 4 is 23.5 Å². The van der Waals surface area contributed by atoms with Crippen LogP contribution in [-0.2, 0) is 0 Å². The molecule has 0 unspecified atom stereocenters. The van der Waals surface area contributed by atoms with Gasteiger partial charge in [0, 0.05) is 31.0 Å². The molecule has 4 nitrogen and oxygen atoms in total. The quantitative estimate of drug-likeness (QED) is 0.873. The van der Waals surface area contributed by atoms with Crippen molar-refractivity contribution in [2.75, 3.05) is 23.8 Å². The number of rotatable bonds is 2. The van der Waals surface area contributed by atoms with Crippen LogP contribution in [0.1, 0.15) is 5.56 Å². The molecule has 18 heavy (non-hydrogen) atoms. The molecule has 3 rings (SSSR count). The highest BCUT2D eigenvalue weighted by Crippen LogP contribution is 2.23. The van der Waals surface area contributed by atoms with Crippen LogP contribution >= 0.6 is 0 Å². The van der Waals surface area contributed by atoms with Crippen LogP contribution in [0, 0.1) is 0 Å². The Morgan fingerprint density at radius 2 is 2.06 bits per heavy atom. The summed E-state index contributed by atoms with van der Waals surface area (Å²) in [5.41, 5.74) is 2.05. The van der Waals surface area contributed by atoms with E-state index in [4.69, 9.17) is 0 Å². The number of anilines is 3. The van der Waals surface area contributed by atoms with Crippen LogP contribution in [-0.4, -0.2) is 23.6 Å². The Morgan fingerprint density at radius 3 is 2.89 bits per heavy atom. The Labute approximate surface area is 106 Å². The van der Waals surface area contributed by atoms with E-state index >= 15 is 0 Å². The Balaban J connectivity index is 1.91. The molecular weight excluding hydrogens is 224 g/mol. The molecular formula is C14H14N4. The summed E-state index contributed by atoms with van der Waals surface area (Å²) in [6.07, 6.45) is 6.01. The molecule has 0 radical (unpaired) electrons. The maximum absolute atomic E-state index is 4.54. The van der Waals surface area contributed by atoms with E-state index in [0.29, 0.717) is 5.95 Å². The zero-order chi connectivity index (χ0) is 12.4. The van der Waals surface area contributed by atoms with E-state index in [1.54, 1.807) is 0 Å². The van der Waals surface area contributed by atoms with Gasteiger partial charge in [0.25, 0.3) is 0 Å². The summed E-state index contributed by atoms with van der Waals surface area (Å²) in [6, 6.07) is 9.93. The SMILES string of the molecule is CN1CC=Cc2cnc(Nc3ccccc3)nc21. The molecule has 0 atom stereocenters. The fraction of sp³-hybridized carbons (Fsp3) is 0.143. The lowest BCUT2D eigenvalue weighted by atomic mass is 10.2. The molecule has 0 saturated heterocycles. The van der Waals surface area contributed by atoms with E-state index in [2.05, 4.69) is 32.3 Å². The molecule has 1 N–H and O–H groups in total. The van der Waals surface area contributed by atoms with Crippen LogP contribution in [0.5, 0.6) is 0 Å². The fourth-order valence-corrected chi connectivity index (χ4v) is 1.94. The monoisotopic (exact) mass is 238 g/mol. The number of para-hydroxylation sites is 1. The third kappa shape index (κ3) is 2.05. The van der Waals surface area contributed by atoms with Gasteiger partial charge in [0.1, 0.15) is 5.82 Å². The topological polar surface area (TPSA) is 41.1 Å². The van der Waals surface area contributed by atoms with E-state index < -0.39 is 0 Å². The lowest BCUT2D eigenvalue weighted by Crippen LogP contribution is -2.22. The van der Waals surface area contributed by atoms with E-state index in [1.807, 2.05) is 43.6 Å². The van der Waals surface area contributed by atoms with E-state index in [0.717, 1.165) is 23.6 Å². The number of benzene rings is 1. The molecule has 0 amide bonds. The van der Waals surface area contributed by atoms with Crippen molar-refractivity contribution in [2.45, 2.75) is 0 Å². The van der Waals surface area contributed by atoms with Crippen LogP contribution in [0.2, 0.25) is 0 Å². The Hall–Kier alpha value is -2.36. The second kappa shape index (κ2) is 4.49. The maximum Gasteiger partial charge on any atom is 0.229 e. The Morgan fingerprint density at radius 1 is 1.22 bits per heavy atom. The lowest BCUT2D eigenvalue weighted by molar-refractivity contribution is 0.963. The summed E-state index contributed by atoms with van der Waals surface area (Å²) in [5.74, 6) is 1.59. The number of fused-ring (bicyclic) bond motifs is 1. The van der Waals surface area contributed by atoms with Gasteiger partial charge in [-0.15, -0.1) is 0 Å². The summed E-state index contributed by atoms with van der Waals surface area (Å²) in [7, 11) is 2.03. The molecule has 0 saturated carbocycles. The minimum absolute atomic E-state index is 0.627. The second-order valence-corrected chi connectivity index (χ2v) is 4.25. The maximum atomic E-state index is 4.54. The van der Waals surface area contributed by atoms with Gasteiger partial charge in [-0.1, -0.05) is 30.4 Å². The molecule has 0 bridgehead atoms. The smallest absolute Gasteiger partial charge is 0.229 e. The second-order valence-electron chi connectivity index (χ2n) is 4.25. The standard InChI is InChI=1S/C14H14N4/c1-18-9-5-6-11-10-15-14(17-13(11)18)16-12-7-3-2-4-8-12/h2-8,10H,9H2,1H3,(H,15,16,17). The van der Waals surface area contributed by atoms with E-state index in [-0.39, 0.29) is 0 Å². The van der Waals surface area contributed by atoms with Crippen molar-refractivity contribution in [1.29, 1.82) is 0 Å². The Bertz CT molecular complexity index is 578. The first-order chi connectivity index (χ1) is 8.83. The van der Waals surface area contributed by atoms with Gasteiger partial charge in [-0.25, -0.2) is 4.98 Å². The molecule has 1 aromatic heterocycles. The predicted octanol–water partition coefficient (Wildman–Crippen LogP) is 2.68. The molecule has 2 aromatic rings. The number of hydrogen-bond acceptors (Lipinski definition) is 4. The van der Waals surface area contributed by atoms with Gasteiger partial charge in [0.2, 0.25) is 5.95 Å². The summed E-state index contributed by atoms with van der Waals surface area (Å²) < 4.78 is 0. The first-order valence-electron chi connectivity index (χ1n) is 5.90. The number of aromatic nitrogens is 2. The predicted molar refractivity (Wildman–Crippen MR) is 74.1 cm³/mol. The molecule has 1 aliphatic heterocycles. The highest BCUT2D eigenvalue weighted by Gasteiger charge is 2.12. The Kier molecular flexibility index (Phi) is 2.68. The van der Waals surface area contributed by atoms with E-state index in [9.17, 15) is 0 Å². The summed E-state index contributed by atoms with van der Waals surface area (Å²) in [5, 5.41) is 3.20. The highest BCUT2D eigenvalue weighted by atomic mass is 15.2. The first-order valence-corrected chi connectivity index (χ1v) is 5.90. The third-order valence-electron chi connectivity index (χ3n) is 2.86. The van der Waals surface area contributed by atoms with Gasteiger partial charge in [0.15, 0.2) is 0 Å². The van der Waals surface area contributed by atoms with Gasteiger partial charge in [-0.05, 0) is 12.1 Å². The highest BCUT2D eigenvalue weighted by molar-refractivity contribution is 5.68. The molecule has 0 aliphatic carbocycles. The number of likely N-dealkylation sites (N-methyl/N-ethyl adjacent to an activating group) is 1. The molecule has 90 valence electrons. The van der Waals surface area contributed by atoms with Gasteiger partial charge in [-0.2, -0.15) is 4.98 Å². The molecule has 0 spiro atoms. The normalized spacial score (nSPS) is 13.3. The third-order valence-corrected chi connectivity index (χ3v) is 2.86.